The minimum absolute atomic E-state index is 0.288. The Morgan fingerprint density at radius 2 is 2.06 bits per heavy atom. The van der Waals surface area contributed by atoms with Crippen LogP contribution in [0.15, 0.2) is 41.1 Å². The third-order valence-corrected chi connectivity index (χ3v) is 2.69. The minimum Gasteiger partial charge on any atom is -0.305 e. The zero-order valence-electron chi connectivity index (χ0n) is 9.03. The predicted octanol–water partition coefficient (Wildman–Crippen LogP) is 2.67. The first kappa shape index (κ1) is 12.1. The van der Waals surface area contributed by atoms with Crippen LogP contribution in [0.1, 0.15) is 11.4 Å². The molecule has 0 saturated carbocycles. The van der Waals surface area contributed by atoms with E-state index in [9.17, 15) is 4.39 Å². The van der Waals surface area contributed by atoms with Crippen LogP contribution >= 0.6 is 15.9 Å². The highest BCUT2D eigenvalue weighted by molar-refractivity contribution is 9.10. The molecular weight excluding hydrogens is 285 g/mol. The number of aromatic nitrogens is 2. The molecule has 88 valence electrons. The van der Waals surface area contributed by atoms with Gasteiger partial charge in [-0.15, -0.1) is 0 Å². The molecule has 0 aliphatic carbocycles. The molecule has 0 spiro atoms. The van der Waals surface area contributed by atoms with Crippen LogP contribution in [0.25, 0.3) is 0 Å². The van der Waals surface area contributed by atoms with E-state index in [2.05, 4.69) is 31.2 Å². The molecule has 0 unspecified atom stereocenters. The monoisotopic (exact) mass is 295 g/mol. The summed E-state index contributed by atoms with van der Waals surface area (Å²) in [6, 6.07) is 6.81. The molecule has 2 rings (SSSR count). The number of rotatable bonds is 4. The summed E-state index contributed by atoms with van der Waals surface area (Å²) in [4.78, 5) is 8.17. The standard InChI is InChI=1S/C12H11BrFN3/c13-9-3-4-10(17-6-9)7-15-8-12-11(14)2-1-5-16-12/h1-6,15H,7-8H2. The van der Waals surface area contributed by atoms with Crippen molar-refractivity contribution >= 4 is 15.9 Å². The van der Waals surface area contributed by atoms with Gasteiger partial charge < -0.3 is 5.32 Å². The molecule has 1 N–H and O–H groups in total. The number of hydrogen-bond donors (Lipinski definition) is 1. The molecule has 0 fully saturated rings. The molecule has 2 aromatic heterocycles. The fourth-order valence-electron chi connectivity index (χ4n) is 1.37. The third kappa shape index (κ3) is 3.57. The van der Waals surface area contributed by atoms with Crippen LogP contribution in [0.3, 0.4) is 0 Å². The van der Waals surface area contributed by atoms with Gasteiger partial charge >= 0.3 is 0 Å². The van der Waals surface area contributed by atoms with Crippen LogP contribution in [0.4, 0.5) is 4.39 Å². The number of pyridine rings is 2. The largest absolute Gasteiger partial charge is 0.305 e. The van der Waals surface area contributed by atoms with Crippen molar-refractivity contribution in [3.8, 4) is 0 Å². The normalized spacial score (nSPS) is 10.5. The molecule has 0 bridgehead atoms. The molecule has 0 amide bonds. The van der Waals surface area contributed by atoms with E-state index in [1.54, 1.807) is 18.5 Å². The van der Waals surface area contributed by atoms with E-state index in [1.165, 1.54) is 6.07 Å². The smallest absolute Gasteiger partial charge is 0.146 e. The Morgan fingerprint density at radius 1 is 1.18 bits per heavy atom. The summed E-state index contributed by atoms with van der Waals surface area (Å²) in [7, 11) is 0. The van der Waals surface area contributed by atoms with E-state index in [4.69, 9.17) is 0 Å². The highest BCUT2D eigenvalue weighted by atomic mass is 79.9. The van der Waals surface area contributed by atoms with E-state index in [0.29, 0.717) is 18.8 Å². The average molecular weight is 296 g/mol. The Balaban J connectivity index is 1.88. The second-order valence-corrected chi connectivity index (χ2v) is 4.42. The Bertz CT molecular complexity index is 487. The summed E-state index contributed by atoms with van der Waals surface area (Å²) >= 11 is 3.32. The number of nitrogens with zero attached hydrogens (tertiary/aromatic N) is 2. The molecule has 17 heavy (non-hydrogen) atoms. The van der Waals surface area contributed by atoms with Gasteiger partial charge in [-0.1, -0.05) is 0 Å². The van der Waals surface area contributed by atoms with Crippen molar-refractivity contribution in [1.82, 2.24) is 15.3 Å². The van der Waals surface area contributed by atoms with E-state index >= 15 is 0 Å². The Labute approximate surface area is 107 Å². The molecule has 3 nitrogen and oxygen atoms in total. The summed E-state index contributed by atoms with van der Waals surface area (Å²) in [6.07, 6.45) is 3.32. The van der Waals surface area contributed by atoms with Gasteiger partial charge in [-0.3, -0.25) is 9.97 Å². The molecule has 0 aliphatic heterocycles. The highest BCUT2D eigenvalue weighted by Crippen LogP contribution is 2.07. The first-order valence-electron chi connectivity index (χ1n) is 5.16. The number of hydrogen-bond acceptors (Lipinski definition) is 3. The molecule has 2 aromatic rings. The maximum Gasteiger partial charge on any atom is 0.146 e. The minimum atomic E-state index is -0.288. The molecule has 0 radical (unpaired) electrons. The van der Waals surface area contributed by atoms with Gasteiger partial charge in [-0.05, 0) is 40.2 Å². The Hall–Kier alpha value is -1.33. The van der Waals surface area contributed by atoms with E-state index in [1.807, 2.05) is 12.1 Å². The molecule has 5 heteroatoms. The lowest BCUT2D eigenvalue weighted by Crippen LogP contribution is -2.15. The maximum absolute atomic E-state index is 13.2. The summed E-state index contributed by atoms with van der Waals surface area (Å²) in [5.41, 5.74) is 1.33. The van der Waals surface area contributed by atoms with E-state index < -0.39 is 0 Å². The van der Waals surface area contributed by atoms with Crippen molar-refractivity contribution in [2.75, 3.05) is 0 Å². The Morgan fingerprint density at radius 3 is 2.76 bits per heavy atom. The van der Waals surface area contributed by atoms with Gasteiger partial charge in [-0.25, -0.2) is 4.39 Å². The van der Waals surface area contributed by atoms with Gasteiger partial charge in [0.15, 0.2) is 0 Å². The summed E-state index contributed by atoms with van der Waals surface area (Å²) < 4.78 is 14.2. The van der Waals surface area contributed by atoms with Crippen LogP contribution in [0.2, 0.25) is 0 Å². The van der Waals surface area contributed by atoms with Crippen LogP contribution in [-0.4, -0.2) is 9.97 Å². The first-order valence-corrected chi connectivity index (χ1v) is 5.95. The lowest BCUT2D eigenvalue weighted by atomic mass is 10.3. The van der Waals surface area contributed by atoms with Crippen molar-refractivity contribution in [2.24, 2.45) is 0 Å². The molecule has 0 aromatic carbocycles. The second kappa shape index (κ2) is 5.84. The van der Waals surface area contributed by atoms with Crippen molar-refractivity contribution in [1.29, 1.82) is 0 Å². The quantitative estimate of drug-likeness (QED) is 0.942. The maximum atomic E-state index is 13.2. The van der Waals surface area contributed by atoms with Crippen LogP contribution in [0, 0.1) is 5.82 Å². The van der Waals surface area contributed by atoms with Gasteiger partial charge in [-0.2, -0.15) is 0 Å². The molecule has 0 atom stereocenters. The first-order chi connectivity index (χ1) is 8.25. The molecule has 0 aliphatic rings. The summed E-state index contributed by atoms with van der Waals surface area (Å²) in [6.45, 7) is 0.980. The Kier molecular flexibility index (Phi) is 4.17. The second-order valence-electron chi connectivity index (χ2n) is 3.50. The van der Waals surface area contributed by atoms with Crippen molar-refractivity contribution in [3.05, 3.63) is 58.3 Å². The highest BCUT2D eigenvalue weighted by Gasteiger charge is 2.01. The average Bonchev–Trinajstić information content (AvgIpc) is 2.34. The van der Waals surface area contributed by atoms with Crippen molar-refractivity contribution < 1.29 is 4.39 Å². The third-order valence-electron chi connectivity index (χ3n) is 2.22. The van der Waals surface area contributed by atoms with Gasteiger partial charge in [0.05, 0.1) is 11.4 Å². The predicted molar refractivity (Wildman–Crippen MR) is 66.7 cm³/mol. The molecule has 2 heterocycles. The summed E-state index contributed by atoms with van der Waals surface area (Å²) in [5.74, 6) is -0.288. The lowest BCUT2D eigenvalue weighted by molar-refractivity contribution is 0.572. The lowest BCUT2D eigenvalue weighted by Gasteiger charge is -2.04. The number of nitrogens with one attached hydrogen (secondary N) is 1. The number of halogens is 2. The topological polar surface area (TPSA) is 37.8 Å². The fourth-order valence-corrected chi connectivity index (χ4v) is 1.60. The van der Waals surface area contributed by atoms with Crippen molar-refractivity contribution in [2.45, 2.75) is 13.1 Å². The molecular formula is C12H11BrFN3. The van der Waals surface area contributed by atoms with Crippen LogP contribution < -0.4 is 5.32 Å². The van der Waals surface area contributed by atoms with Crippen LogP contribution in [0.5, 0.6) is 0 Å². The summed E-state index contributed by atoms with van der Waals surface area (Å²) in [5, 5.41) is 3.10. The zero-order chi connectivity index (χ0) is 12.1. The van der Waals surface area contributed by atoms with Gasteiger partial charge in [0.1, 0.15) is 5.82 Å². The van der Waals surface area contributed by atoms with E-state index in [-0.39, 0.29) is 5.82 Å². The zero-order valence-corrected chi connectivity index (χ0v) is 10.6. The fraction of sp³-hybridized carbons (Fsp3) is 0.167. The SMILES string of the molecule is Fc1cccnc1CNCc1ccc(Br)cn1. The van der Waals surface area contributed by atoms with Gasteiger partial charge in [0.2, 0.25) is 0 Å². The van der Waals surface area contributed by atoms with Crippen LogP contribution in [-0.2, 0) is 13.1 Å². The van der Waals surface area contributed by atoms with E-state index in [0.717, 1.165) is 10.2 Å². The molecule has 0 saturated heterocycles. The van der Waals surface area contributed by atoms with Gasteiger partial charge in [0, 0.05) is 30.0 Å². The van der Waals surface area contributed by atoms with Crippen molar-refractivity contribution in [3.63, 3.8) is 0 Å². The van der Waals surface area contributed by atoms with Gasteiger partial charge in [0.25, 0.3) is 0 Å².